The number of carbonyl (C=O) groups excluding carboxylic acids is 1. The topological polar surface area (TPSA) is 29.5 Å². The summed E-state index contributed by atoms with van der Waals surface area (Å²) >= 11 is 0. The molecule has 0 amide bonds. The molecule has 3 aromatic carbocycles. The van der Waals surface area contributed by atoms with Crippen LogP contribution in [-0.4, -0.2) is 11.9 Å². The van der Waals surface area contributed by atoms with Gasteiger partial charge in [-0.2, -0.15) is 0 Å². The average Bonchev–Trinajstić information content (AvgIpc) is 2.79. The molecule has 2 aliphatic heterocycles. The third kappa shape index (κ3) is 2.42. The Morgan fingerprint density at radius 3 is 2.20 bits per heavy atom. The van der Waals surface area contributed by atoms with Crippen LogP contribution in [-0.2, 0) is 0 Å². The Morgan fingerprint density at radius 1 is 0.833 bits per heavy atom. The Morgan fingerprint density at radius 2 is 1.47 bits per heavy atom. The monoisotopic (exact) mass is 391 g/mol. The van der Waals surface area contributed by atoms with Gasteiger partial charge in [0.05, 0.1) is 11.5 Å². The van der Waals surface area contributed by atoms with Crippen molar-refractivity contribution in [3.8, 4) is 5.75 Å². The number of hydrogen-bond donors (Lipinski definition) is 0. The summed E-state index contributed by atoms with van der Waals surface area (Å²) in [6.07, 6.45) is 5.87. The lowest BCUT2D eigenvalue weighted by molar-refractivity contribution is 0.0805. The van der Waals surface area contributed by atoms with Gasteiger partial charge >= 0.3 is 0 Å². The Balaban J connectivity index is 1.48. The maximum Gasteiger partial charge on any atom is 0.177 e. The first kappa shape index (κ1) is 17.3. The van der Waals surface area contributed by atoms with Gasteiger partial charge in [0.25, 0.3) is 0 Å². The van der Waals surface area contributed by atoms with Gasteiger partial charge in [-0.1, -0.05) is 61.5 Å². The normalized spacial score (nSPS) is 21.7. The van der Waals surface area contributed by atoms with E-state index in [1.807, 2.05) is 30.3 Å². The van der Waals surface area contributed by atoms with E-state index in [1.165, 1.54) is 22.5 Å². The maximum absolute atomic E-state index is 13.0. The summed E-state index contributed by atoms with van der Waals surface area (Å²) in [5, 5.41) is 0. The first-order chi connectivity index (χ1) is 14.7. The predicted molar refractivity (Wildman–Crippen MR) is 118 cm³/mol. The van der Waals surface area contributed by atoms with Crippen molar-refractivity contribution in [2.24, 2.45) is 5.92 Å². The number of ketones is 1. The molecule has 0 N–H and O–H groups in total. The Kier molecular flexibility index (Phi) is 3.72. The minimum absolute atomic E-state index is 0.126. The lowest BCUT2D eigenvalue weighted by atomic mass is 9.83. The summed E-state index contributed by atoms with van der Waals surface area (Å²) in [4.78, 5) is 15.3. The first-order valence-corrected chi connectivity index (χ1v) is 10.4. The van der Waals surface area contributed by atoms with Gasteiger partial charge in [0.15, 0.2) is 5.78 Å². The van der Waals surface area contributed by atoms with Gasteiger partial charge in [-0.05, 0) is 47.5 Å². The first-order valence-electron chi connectivity index (χ1n) is 10.4. The number of fused-ring (bicyclic) bond motifs is 4. The summed E-state index contributed by atoms with van der Waals surface area (Å²) < 4.78 is 6.25. The molecule has 3 aliphatic rings. The SMILES string of the molecule is CC1c2ccccc2N(C2=CC3Oc4ccccc4C(=O)C3C=C2)c2ccccc21. The van der Waals surface area contributed by atoms with E-state index in [0.29, 0.717) is 17.2 Å². The van der Waals surface area contributed by atoms with E-state index >= 15 is 0 Å². The molecule has 6 rings (SSSR count). The number of hydrogen-bond acceptors (Lipinski definition) is 3. The molecule has 2 atom stereocenters. The zero-order chi connectivity index (χ0) is 20.2. The zero-order valence-corrected chi connectivity index (χ0v) is 16.7. The second kappa shape index (κ2) is 6.46. The van der Waals surface area contributed by atoms with Crippen LogP contribution in [0.5, 0.6) is 5.75 Å². The van der Waals surface area contributed by atoms with Gasteiger partial charge in [-0.15, -0.1) is 0 Å². The summed E-state index contributed by atoms with van der Waals surface area (Å²) in [6.45, 7) is 2.26. The number of benzene rings is 3. The van der Waals surface area contributed by atoms with Crippen molar-refractivity contribution >= 4 is 17.2 Å². The van der Waals surface area contributed by atoms with Crippen LogP contribution >= 0.6 is 0 Å². The molecule has 0 bridgehead atoms. The fraction of sp³-hybridized carbons (Fsp3) is 0.148. The van der Waals surface area contributed by atoms with E-state index in [2.05, 4.69) is 72.5 Å². The molecule has 1 aliphatic carbocycles. The fourth-order valence-electron chi connectivity index (χ4n) is 4.92. The summed E-state index contributed by atoms with van der Waals surface area (Å²) in [6, 6.07) is 24.6. The molecular weight excluding hydrogens is 370 g/mol. The molecule has 0 saturated heterocycles. The minimum atomic E-state index is -0.300. The van der Waals surface area contributed by atoms with Crippen molar-refractivity contribution in [2.45, 2.75) is 18.9 Å². The number of ether oxygens (including phenoxy) is 1. The number of allylic oxidation sites excluding steroid dienone is 1. The highest BCUT2D eigenvalue weighted by atomic mass is 16.5. The van der Waals surface area contributed by atoms with Crippen LogP contribution in [0.1, 0.15) is 34.3 Å². The van der Waals surface area contributed by atoms with Crippen LogP contribution < -0.4 is 9.64 Å². The molecule has 2 heterocycles. The van der Waals surface area contributed by atoms with Crippen LogP contribution in [0, 0.1) is 5.92 Å². The van der Waals surface area contributed by atoms with E-state index in [1.54, 1.807) is 0 Å². The summed E-state index contributed by atoms with van der Waals surface area (Å²) in [5.74, 6) is 0.844. The number of para-hydroxylation sites is 3. The number of Topliss-reactive ketones (excluding diaryl/α,β-unsaturated/α-hetero) is 1. The highest BCUT2D eigenvalue weighted by Crippen LogP contribution is 2.48. The molecule has 30 heavy (non-hydrogen) atoms. The largest absolute Gasteiger partial charge is 0.484 e. The second-order valence-electron chi connectivity index (χ2n) is 8.09. The van der Waals surface area contributed by atoms with Crippen molar-refractivity contribution < 1.29 is 9.53 Å². The quantitative estimate of drug-likeness (QED) is 0.509. The van der Waals surface area contributed by atoms with E-state index in [4.69, 9.17) is 4.74 Å². The smallest absolute Gasteiger partial charge is 0.177 e. The van der Waals surface area contributed by atoms with Gasteiger partial charge in [0.1, 0.15) is 11.9 Å². The summed E-state index contributed by atoms with van der Waals surface area (Å²) in [7, 11) is 0. The molecule has 0 saturated carbocycles. The molecule has 0 spiro atoms. The Hall–Kier alpha value is -3.59. The lowest BCUT2D eigenvalue weighted by Gasteiger charge is -2.39. The number of nitrogens with zero attached hydrogens (tertiary/aromatic N) is 1. The zero-order valence-electron chi connectivity index (χ0n) is 16.7. The van der Waals surface area contributed by atoms with Crippen molar-refractivity contribution in [3.63, 3.8) is 0 Å². The van der Waals surface area contributed by atoms with Crippen molar-refractivity contribution in [2.75, 3.05) is 4.90 Å². The molecule has 3 nitrogen and oxygen atoms in total. The Bertz CT molecular complexity index is 1190. The number of rotatable bonds is 1. The minimum Gasteiger partial charge on any atom is -0.484 e. The van der Waals surface area contributed by atoms with Crippen molar-refractivity contribution in [3.05, 3.63) is 113 Å². The molecule has 3 heteroatoms. The summed E-state index contributed by atoms with van der Waals surface area (Å²) in [5.41, 5.74) is 6.68. The third-order valence-electron chi connectivity index (χ3n) is 6.43. The molecule has 3 aromatic rings. The van der Waals surface area contributed by atoms with Gasteiger partial charge < -0.3 is 9.64 Å². The van der Waals surface area contributed by atoms with Crippen LogP contribution in [0.2, 0.25) is 0 Å². The van der Waals surface area contributed by atoms with Crippen LogP contribution in [0.3, 0.4) is 0 Å². The molecule has 0 radical (unpaired) electrons. The molecule has 0 fully saturated rings. The molecule has 2 unspecified atom stereocenters. The Labute approximate surface area is 175 Å². The van der Waals surface area contributed by atoms with E-state index in [0.717, 1.165) is 5.70 Å². The van der Waals surface area contributed by atoms with Crippen molar-refractivity contribution in [1.29, 1.82) is 0 Å². The predicted octanol–water partition coefficient (Wildman–Crippen LogP) is 6.00. The van der Waals surface area contributed by atoms with E-state index in [9.17, 15) is 4.79 Å². The van der Waals surface area contributed by atoms with Crippen LogP contribution in [0.4, 0.5) is 11.4 Å². The van der Waals surface area contributed by atoms with Crippen LogP contribution in [0.25, 0.3) is 0 Å². The third-order valence-corrected chi connectivity index (χ3v) is 6.43. The second-order valence-corrected chi connectivity index (χ2v) is 8.09. The molecule has 146 valence electrons. The van der Waals surface area contributed by atoms with Gasteiger partial charge in [-0.25, -0.2) is 0 Å². The standard InChI is InChI=1S/C27H21NO2/c1-17-19-8-2-5-11-23(19)28(24-12-6-3-9-20(17)24)18-14-15-22-26(16-18)30-25-13-7-4-10-21(25)27(22)29/h2-17,22,26H,1H3. The van der Waals surface area contributed by atoms with Gasteiger partial charge in [-0.3, -0.25) is 4.79 Å². The fourth-order valence-corrected chi connectivity index (χ4v) is 4.92. The molecule has 0 aromatic heterocycles. The van der Waals surface area contributed by atoms with Gasteiger partial charge in [0.2, 0.25) is 0 Å². The molecular formula is C27H21NO2. The van der Waals surface area contributed by atoms with Gasteiger partial charge in [0, 0.05) is 23.0 Å². The van der Waals surface area contributed by atoms with E-state index in [-0.39, 0.29) is 17.8 Å². The van der Waals surface area contributed by atoms with E-state index < -0.39 is 0 Å². The van der Waals surface area contributed by atoms with Crippen LogP contribution in [0.15, 0.2) is 96.7 Å². The lowest BCUT2D eigenvalue weighted by Crippen LogP contribution is -2.38. The van der Waals surface area contributed by atoms with Crippen molar-refractivity contribution in [1.82, 2.24) is 0 Å². The number of anilines is 2. The highest BCUT2D eigenvalue weighted by Gasteiger charge is 2.38. The average molecular weight is 391 g/mol. The number of carbonyl (C=O) groups is 1. The maximum atomic E-state index is 13.0. The highest BCUT2D eigenvalue weighted by molar-refractivity contribution is 6.03.